The van der Waals surface area contributed by atoms with E-state index in [0.29, 0.717) is 22.7 Å². The van der Waals surface area contributed by atoms with Gasteiger partial charge >= 0.3 is 5.97 Å². The van der Waals surface area contributed by atoms with Crippen molar-refractivity contribution in [2.24, 2.45) is 0 Å². The van der Waals surface area contributed by atoms with Crippen molar-refractivity contribution in [1.82, 2.24) is 0 Å². The van der Waals surface area contributed by atoms with Gasteiger partial charge in [-0.05, 0) is 49.4 Å². The van der Waals surface area contributed by atoms with E-state index in [0.717, 1.165) is 0 Å². The Morgan fingerprint density at radius 3 is 2.60 bits per heavy atom. The standard InChI is InChI=1S/C18H14N2O5/c1-11(17(21)20-14-5-2-12(9-19)3-6-14)25-18(22)13-4-7-15-16(8-13)24-10-23-15/h2-8,11H,10H2,1H3,(H,20,21)/t11-/m1/s1. The number of fused-ring (bicyclic) bond motifs is 1. The van der Waals surface area contributed by atoms with Crippen LogP contribution in [0.4, 0.5) is 5.69 Å². The van der Waals surface area contributed by atoms with Crippen LogP contribution in [0.5, 0.6) is 11.5 Å². The second-order valence-electron chi connectivity index (χ2n) is 5.29. The SMILES string of the molecule is C[C@@H](OC(=O)c1ccc2c(c1)OCO2)C(=O)Nc1ccc(C#N)cc1. The Morgan fingerprint density at radius 1 is 1.16 bits per heavy atom. The van der Waals surface area contributed by atoms with Gasteiger partial charge in [0, 0.05) is 5.69 Å². The zero-order valence-corrected chi connectivity index (χ0v) is 13.3. The number of benzene rings is 2. The van der Waals surface area contributed by atoms with E-state index >= 15 is 0 Å². The summed E-state index contributed by atoms with van der Waals surface area (Å²) < 4.78 is 15.6. The predicted molar refractivity (Wildman–Crippen MR) is 87.2 cm³/mol. The van der Waals surface area contributed by atoms with Crippen molar-refractivity contribution in [1.29, 1.82) is 5.26 Å². The fourth-order valence-electron chi connectivity index (χ4n) is 2.18. The Labute approximate surface area is 143 Å². The molecule has 25 heavy (non-hydrogen) atoms. The molecule has 1 aliphatic heterocycles. The molecule has 0 radical (unpaired) electrons. The van der Waals surface area contributed by atoms with Crippen LogP contribution >= 0.6 is 0 Å². The van der Waals surface area contributed by atoms with E-state index in [-0.39, 0.29) is 12.4 Å². The van der Waals surface area contributed by atoms with Crippen molar-refractivity contribution in [3.8, 4) is 17.6 Å². The van der Waals surface area contributed by atoms with Gasteiger partial charge in [0.1, 0.15) is 0 Å². The Kier molecular flexibility index (Phi) is 4.53. The molecule has 0 aliphatic carbocycles. The Hall–Kier alpha value is -3.53. The van der Waals surface area contributed by atoms with Gasteiger partial charge in [0.2, 0.25) is 6.79 Å². The first-order valence-electron chi connectivity index (χ1n) is 7.48. The number of anilines is 1. The van der Waals surface area contributed by atoms with Crippen molar-refractivity contribution in [2.45, 2.75) is 13.0 Å². The number of hydrogen-bond donors (Lipinski definition) is 1. The number of nitrogens with zero attached hydrogens (tertiary/aromatic N) is 1. The molecule has 0 unspecified atom stereocenters. The summed E-state index contributed by atoms with van der Waals surface area (Å²) in [5, 5.41) is 11.4. The molecular formula is C18H14N2O5. The molecule has 7 heteroatoms. The van der Waals surface area contributed by atoms with Crippen LogP contribution in [-0.2, 0) is 9.53 Å². The fourth-order valence-corrected chi connectivity index (χ4v) is 2.18. The monoisotopic (exact) mass is 338 g/mol. The van der Waals surface area contributed by atoms with Crippen LogP contribution in [0, 0.1) is 11.3 Å². The zero-order chi connectivity index (χ0) is 17.8. The molecule has 1 N–H and O–H groups in total. The van der Waals surface area contributed by atoms with Crippen LogP contribution in [0.15, 0.2) is 42.5 Å². The lowest BCUT2D eigenvalue weighted by molar-refractivity contribution is -0.123. The highest BCUT2D eigenvalue weighted by molar-refractivity contribution is 5.97. The second kappa shape index (κ2) is 6.93. The van der Waals surface area contributed by atoms with Crippen molar-refractivity contribution in [3.05, 3.63) is 53.6 Å². The van der Waals surface area contributed by atoms with Crippen LogP contribution in [0.25, 0.3) is 0 Å². The highest BCUT2D eigenvalue weighted by Crippen LogP contribution is 2.32. The fraction of sp³-hybridized carbons (Fsp3) is 0.167. The van der Waals surface area contributed by atoms with Gasteiger partial charge in [-0.1, -0.05) is 0 Å². The first-order valence-corrected chi connectivity index (χ1v) is 7.48. The molecule has 1 amide bonds. The Balaban J connectivity index is 1.60. The molecule has 0 saturated carbocycles. The minimum Gasteiger partial charge on any atom is -0.454 e. The maximum Gasteiger partial charge on any atom is 0.339 e. The molecule has 0 spiro atoms. The van der Waals surface area contributed by atoms with E-state index in [1.807, 2.05) is 6.07 Å². The summed E-state index contributed by atoms with van der Waals surface area (Å²) in [6, 6.07) is 13.0. The molecule has 0 fully saturated rings. The molecule has 3 rings (SSSR count). The second-order valence-corrected chi connectivity index (χ2v) is 5.29. The molecule has 2 aromatic rings. The molecule has 0 aromatic heterocycles. The minimum atomic E-state index is -0.992. The first kappa shape index (κ1) is 16.3. The lowest BCUT2D eigenvalue weighted by atomic mass is 10.2. The lowest BCUT2D eigenvalue weighted by Crippen LogP contribution is -2.30. The maximum absolute atomic E-state index is 12.2. The van der Waals surface area contributed by atoms with Crippen LogP contribution in [0.1, 0.15) is 22.8 Å². The smallest absolute Gasteiger partial charge is 0.339 e. The Morgan fingerprint density at radius 2 is 1.88 bits per heavy atom. The highest BCUT2D eigenvalue weighted by Gasteiger charge is 2.21. The summed E-state index contributed by atoms with van der Waals surface area (Å²) in [5.74, 6) is -0.0909. The number of nitriles is 1. The van der Waals surface area contributed by atoms with Gasteiger partial charge in [0.05, 0.1) is 17.2 Å². The van der Waals surface area contributed by atoms with Gasteiger partial charge in [-0.2, -0.15) is 5.26 Å². The van der Waals surface area contributed by atoms with Gasteiger partial charge in [-0.3, -0.25) is 4.79 Å². The largest absolute Gasteiger partial charge is 0.454 e. The van der Waals surface area contributed by atoms with Gasteiger partial charge < -0.3 is 19.5 Å². The summed E-state index contributed by atoms with van der Waals surface area (Å²) >= 11 is 0. The molecule has 1 heterocycles. The number of carbonyl (C=O) groups is 2. The van der Waals surface area contributed by atoms with Gasteiger partial charge in [0.15, 0.2) is 17.6 Å². The van der Waals surface area contributed by atoms with Crippen LogP contribution < -0.4 is 14.8 Å². The average molecular weight is 338 g/mol. The third-order valence-electron chi connectivity index (χ3n) is 3.54. The number of rotatable bonds is 4. The summed E-state index contributed by atoms with van der Waals surface area (Å²) in [5.41, 5.74) is 1.26. The van der Waals surface area contributed by atoms with E-state index in [2.05, 4.69) is 5.32 Å². The number of carbonyl (C=O) groups excluding carboxylic acids is 2. The van der Waals surface area contributed by atoms with Crippen molar-refractivity contribution in [2.75, 3.05) is 12.1 Å². The molecule has 1 atom stereocenters. The summed E-state index contributed by atoms with van der Waals surface area (Å²) in [7, 11) is 0. The topological polar surface area (TPSA) is 97.7 Å². The van der Waals surface area contributed by atoms with E-state index in [1.165, 1.54) is 13.0 Å². The average Bonchev–Trinajstić information content (AvgIpc) is 3.09. The normalized spacial score (nSPS) is 12.8. The number of hydrogen-bond acceptors (Lipinski definition) is 6. The molecule has 0 bridgehead atoms. The zero-order valence-electron chi connectivity index (χ0n) is 13.3. The summed E-state index contributed by atoms with van der Waals surface area (Å²) in [6.45, 7) is 1.58. The maximum atomic E-state index is 12.2. The first-order chi connectivity index (χ1) is 12.1. The van der Waals surface area contributed by atoms with Gasteiger partial charge in [0.25, 0.3) is 5.91 Å². The third-order valence-corrected chi connectivity index (χ3v) is 3.54. The third kappa shape index (κ3) is 3.70. The van der Waals surface area contributed by atoms with Gasteiger partial charge in [-0.15, -0.1) is 0 Å². The van der Waals surface area contributed by atoms with E-state index in [9.17, 15) is 9.59 Å². The summed E-state index contributed by atoms with van der Waals surface area (Å²) in [4.78, 5) is 24.3. The van der Waals surface area contributed by atoms with Crippen molar-refractivity contribution >= 4 is 17.6 Å². The van der Waals surface area contributed by atoms with Crippen molar-refractivity contribution < 1.29 is 23.8 Å². The highest BCUT2D eigenvalue weighted by atomic mass is 16.7. The van der Waals surface area contributed by atoms with E-state index < -0.39 is 18.0 Å². The molecule has 0 saturated heterocycles. The lowest BCUT2D eigenvalue weighted by Gasteiger charge is -2.13. The van der Waals surface area contributed by atoms with Crippen LogP contribution in [-0.4, -0.2) is 24.8 Å². The van der Waals surface area contributed by atoms with Gasteiger partial charge in [-0.25, -0.2) is 4.79 Å². The molecule has 2 aromatic carbocycles. The molecule has 7 nitrogen and oxygen atoms in total. The molecular weight excluding hydrogens is 324 g/mol. The molecule has 126 valence electrons. The predicted octanol–water partition coefficient (Wildman–Crippen LogP) is 2.47. The van der Waals surface area contributed by atoms with Crippen LogP contribution in [0.3, 0.4) is 0 Å². The van der Waals surface area contributed by atoms with E-state index in [4.69, 9.17) is 19.5 Å². The summed E-state index contributed by atoms with van der Waals surface area (Å²) in [6.07, 6.45) is -0.992. The molecule has 1 aliphatic rings. The van der Waals surface area contributed by atoms with Crippen molar-refractivity contribution in [3.63, 3.8) is 0 Å². The Bertz CT molecular complexity index is 855. The number of amides is 1. The number of nitrogens with one attached hydrogen (secondary N) is 1. The van der Waals surface area contributed by atoms with Crippen LogP contribution in [0.2, 0.25) is 0 Å². The number of ether oxygens (including phenoxy) is 3. The number of esters is 1. The van der Waals surface area contributed by atoms with E-state index in [1.54, 1.807) is 36.4 Å². The minimum absolute atomic E-state index is 0.108. The quantitative estimate of drug-likeness (QED) is 0.860.